The molecule has 0 aromatic heterocycles. The standard InChI is InChI=1S/C11H14BrNO2S/c1-14-6-3-7-15-9-5-2-4-8(12)10(9)11(13)16/h2,4-5H,3,6-7H2,1H3,(H2,13,16). The van der Waals surface area contributed by atoms with E-state index >= 15 is 0 Å². The van der Waals surface area contributed by atoms with Gasteiger partial charge in [0.15, 0.2) is 0 Å². The SMILES string of the molecule is COCCCOc1cccc(Br)c1C(N)=S. The summed E-state index contributed by atoms with van der Waals surface area (Å²) in [6, 6.07) is 5.63. The third kappa shape index (κ3) is 3.73. The molecule has 2 N–H and O–H groups in total. The lowest BCUT2D eigenvalue weighted by Gasteiger charge is -2.11. The lowest BCUT2D eigenvalue weighted by atomic mass is 10.2. The van der Waals surface area contributed by atoms with Crippen LogP contribution in [0.15, 0.2) is 22.7 Å². The molecule has 1 aromatic rings. The van der Waals surface area contributed by atoms with Crippen LogP contribution >= 0.6 is 28.1 Å². The van der Waals surface area contributed by atoms with Crippen LogP contribution in [0.1, 0.15) is 12.0 Å². The molecule has 0 atom stereocenters. The van der Waals surface area contributed by atoms with Crippen LogP contribution < -0.4 is 10.5 Å². The number of rotatable bonds is 6. The van der Waals surface area contributed by atoms with Crippen LogP contribution in [0.4, 0.5) is 0 Å². The normalized spacial score (nSPS) is 10.1. The molecule has 0 aliphatic carbocycles. The molecular formula is C11H14BrNO2S. The molecule has 1 rings (SSSR count). The summed E-state index contributed by atoms with van der Waals surface area (Å²) < 4.78 is 11.4. The Morgan fingerprint density at radius 1 is 1.44 bits per heavy atom. The van der Waals surface area contributed by atoms with Gasteiger partial charge in [0.2, 0.25) is 0 Å². The Hall–Kier alpha value is -0.650. The first kappa shape index (κ1) is 13.4. The van der Waals surface area contributed by atoms with Crippen molar-refractivity contribution in [2.24, 2.45) is 5.73 Å². The van der Waals surface area contributed by atoms with Gasteiger partial charge in [0, 0.05) is 24.6 Å². The van der Waals surface area contributed by atoms with Crippen LogP contribution in [0.5, 0.6) is 5.75 Å². The van der Waals surface area contributed by atoms with Gasteiger partial charge in [-0.25, -0.2) is 0 Å². The molecule has 3 nitrogen and oxygen atoms in total. The van der Waals surface area contributed by atoms with Crippen molar-refractivity contribution in [2.75, 3.05) is 20.3 Å². The maximum absolute atomic E-state index is 5.64. The number of nitrogens with two attached hydrogens (primary N) is 1. The molecule has 1 aromatic carbocycles. The van der Waals surface area contributed by atoms with Crippen molar-refractivity contribution in [3.63, 3.8) is 0 Å². The van der Waals surface area contributed by atoms with E-state index in [2.05, 4.69) is 15.9 Å². The third-order valence-corrected chi connectivity index (χ3v) is 2.84. The average Bonchev–Trinajstić information content (AvgIpc) is 2.24. The minimum atomic E-state index is 0.328. The van der Waals surface area contributed by atoms with Gasteiger partial charge in [-0.15, -0.1) is 0 Å². The van der Waals surface area contributed by atoms with Crippen LogP contribution in [-0.4, -0.2) is 25.3 Å². The van der Waals surface area contributed by atoms with Gasteiger partial charge in [-0.1, -0.05) is 18.3 Å². The number of hydrogen-bond donors (Lipinski definition) is 1. The second-order valence-electron chi connectivity index (χ2n) is 3.17. The van der Waals surface area contributed by atoms with Crippen molar-refractivity contribution in [2.45, 2.75) is 6.42 Å². The Kier molecular flexibility index (Phi) is 5.73. The predicted molar refractivity (Wildman–Crippen MR) is 72.0 cm³/mol. The second-order valence-corrected chi connectivity index (χ2v) is 4.47. The van der Waals surface area contributed by atoms with Crippen molar-refractivity contribution in [3.05, 3.63) is 28.2 Å². The average molecular weight is 304 g/mol. The Morgan fingerprint density at radius 3 is 2.81 bits per heavy atom. The molecule has 0 aliphatic rings. The molecule has 0 fully saturated rings. The summed E-state index contributed by atoms with van der Waals surface area (Å²) >= 11 is 8.38. The van der Waals surface area contributed by atoms with E-state index < -0.39 is 0 Å². The molecule has 0 amide bonds. The maximum Gasteiger partial charge on any atom is 0.130 e. The van der Waals surface area contributed by atoms with E-state index in [1.165, 1.54) is 0 Å². The van der Waals surface area contributed by atoms with E-state index in [4.69, 9.17) is 27.4 Å². The third-order valence-electron chi connectivity index (χ3n) is 1.97. The fourth-order valence-corrected chi connectivity index (χ4v) is 2.15. The monoisotopic (exact) mass is 303 g/mol. The van der Waals surface area contributed by atoms with E-state index in [0.29, 0.717) is 24.0 Å². The lowest BCUT2D eigenvalue weighted by Crippen LogP contribution is -2.13. The van der Waals surface area contributed by atoms with E-state index in [1.54, 1.807) is 7.11 Å². The number of ether oxygens (including phenoxy) is 2. The summed E-state index contributed by atoms with van der Waals surface area (Å²) in [5.41, 5.74) is 6.39. The number of hydrogen-bond acceptors (Lipinski definition) is 3. The van der Waals surface area contributed by atoms with E-state index in [9.17, 15) is 0 Å². The van der Waals surface area contributed by atoms with Crippen molar-refractivity contribution < 1.29 is 9.47 Å². The van der Waals surface area contributed by atoms with Gasteiger partial charge in [-0.2, -0.15) is 0 Å². The number of benzene rings is 1. The molecule has 0 saturated carbocycles. The highest BCUT2D eigenvalue weighted by Gasteiger charge is 2.10. The topological polar surface area (TPSA) is 44.5 Å². The molecule has 5 heteroatoms. The minimum absolute atomic E-state index is 0.328. The highest BCUT2D eigenvalue weighted by molar-refractivity contribution is 9.10. The first-order valence-electron chi connectivity index (χ1n) is 4.87. The molecule has 88 valence electrons. The first-order valence-corrected chi connectivity index (χ1v) is 6.07. The van der Waals surface area contributed by atoms with Crippen LogP contribution in [0, 0.1) is 0 Å². The number of methoxy groups -OCH3 is 1. The Labute approximate surface area is 109 Å². The summed E-state index contributed by atoms with van der Waals surface area (Å²) in [5.74, 6) is 0.706. The predicted octanol–water partition coefficient (Wildman–Crippen LogP) is 2.50. The summed E-state index contributed by atoms with van der Waals surface area (Å²) in [7, 11) is 1.67. The molecule has 0 spiro atoms. The highest BCUT2D eigenvalue weighted by Crippen LogP contribution is 2.26. The lowest BCUT2D eigenvalue weighted by molar-refractivity contribution is 0.172. The Balaban J connectivity index is 2.71. The zero-order valence-electron chi connectivity index (χ0n) is 9.03. The summed E-state index contributed by atoms with van der Waals surface area (Å²) in [4.78, 5) is 0.328. The van der Waals surface area contributed by atoms with Crippen LogP contribution in [-0.2, 0) is 4.74 Å². The van der Waals surface area contributed by atoms with Gasteiger partial charge < -0.3 is 15.2 Å². The van der Waals surface area contributed by atoms with Crippen LogP contribution in [0.2, 0.25) is 0 Å². The number of thiocarbonyl (C=S) groups is 1. The molecule has 0 saturated heterocycles. The molecule has 0 aliphatic heterocycles. The van der Waals surface area contributed by atoms with Gasteiger partial charge in [-0.3, -0.25) is 0 Å². The molecular weight excluding hydrogens is 290 g/mol. The van der Waals surface area contributed by atoms with Gasteiger partial charge in [0.1, 0.15) is 10.7 Å². The highest BCUT2D eigenvalue weighted by atomic mass is 79.9. The second kappa shape index (κ2) is 6.83. The largest absolute Gasteiger partial charge is 0.493 e. The van der Waals surface area contributed by atoms with Gasteiger partial charge in [0.05, 0.1) is 12.2 Å². The van der Waals surface area contributed by atoms with Crippen LogP contribution in [0.3, 0.4) is 0 Å². The van der Waals surface area contributed by atoms with Crippen molar-refractivity contribution >= 4 is 33.1 Å². The zero-order chi connectivity index (χ0) is 12.0. The van der Waals surface area contributed by atoms with Crippen LogP contribution in [0.25, 0.3) is 0 Å². The minimum Gasteiger partial charge on any atom is -0.493 e. The molecule has 16 heavy (non-hydrogen) atoms. The van der Waals surface area contributed by atoms with Crippen molar-refractivity contribution in [3.8, 4) is 5.75 Å². The maximum atomic E-state index is 5.64. The summed E-state index contributed by atoms with van der Waals surface area (Å²) in [5, 5.41) is 0. The fourth-order valence-electron chi connectivity index (χ4n) is 1.25. The van der Waals surface area contributed by atoms with Crippen molar-refractivity contribution in [1.29, 1.82) is 0 Å². The summed E-state index contributed by atoms with van der Waals surface area (Å²) in [6.07, 6.45) is 0.833. The smallest absolute Gasteiger partial charge is 0.130 e. The van der Waals surface area contributed by atoms with Crippen molar-refractivity contribution in [1.82, 2.24) is 0 Å². The molecule has 0 unspecified atom stereocenters. The van der Waals surface area contributed by atoms with E-state index in [0.717, 1.165) is 16.5 Å². The molecule has 0 bridgehead atoms. The van der Waals surface area contributed by atoms with Gasteiger partial charge in [-0.05, 0) is 28.1 Å². The van der Waals surface area contributed by atoms with Gasteiger partial charge >= 0.3 is 0 Å². The van der Waals surface area contributed by atoms with E-state index in [1.807, 2.05) is 18.2 Å². The number of halogens is 1. The quantitative estimate of drug-likeness (QED) is 0.648. The first-order chi connectivity index (χ1) is 7.66. The Morgan fingerprint density at radius 2 is 2.19 bits per heavy atom. The summed E-state index contributed by atoms with van der Waals surface area (Å²) in [6.45, 7) is 1.26. The Bertz CT molecular complexity index is 371. The zero-order valence-corrected chi connectivity index (χ0v) is 11.4. The van der Waals surface area contributed by atoms with Gasteiger partial charge in [0.25, 0.3) is 0 Å². The molecule has 0 radical (unpaired) electrons. The molecule has 0 heterocycles. The fraction of sp³-hybridized carbons (Fsp3) is 0.364. The van der Waals surface area contributed by atoms with E-state index in [-0.39, 0.29) is 0 Å².